The molecule has 2 nitrogen and oxygen atoms in total. The summed E-state index contributed by atoms with van der Waals surface area (Å²) in [5.41, 5.74) is 0.807. The Balaban J connectivity index is 1.67. The molecule has 1 aromatic rings. The van der Waals surface area contributed by atoms with E-state index in [1.165, 1.54) is 0 Å². The van der Waals surface area contributed by atoms with E-state index in [-0.39, 0.29) is 5.82 Å². The van der Waals surface area contributed by atoms with Gasteiger partial charge in [-0.1, -0.05) is 22.0 Å². The van der Waals surface area contributed by atoms with Gasteiger partial charge in [0.1, 0.15) is 5.82 Å². The predicted molar refractivity (Wildman–Crippen MR) is 69.2 cm³/mol. The van der Waals surface area contributed by atoms with Crippen molar-refractivity contribution in [3.05, 3.63) is 34.1 Å². The highest BCUT2D eigenvalue weighted by Gasteiger charge is 2.35. The van der Waals surface area contributed by atoms with Crippen molar-refractivity contribution in [2.75, 3.05) is 26.2 Å². The molecule has 2 aliphatic heterocycles. The molecule has 2 atom stereocenters. The quantitative estimate of drug-likeness (QED) is 0.901. The molecule has 0 saturated carbocycles. The molecule has 2 unspecified atom stereocenters. The van der Waals surface area contributed by atoms with Gasteiger partial charge in [-0.3, -0.25) is 4.90 Å². The number of benzene rings is 1. The Morgan fingerprint density at radius 3 is 2.65 bits per heavy atom. The van der Waals surface area contributed by atoms with Gasteiger partial charge in [0.2, 0.25) is 0 Å². The third kappa shape index (κ3) is 2.39. The molecule has 0 spiro atoms. The topological polar surface area (TPSA) is 15.3 Å². The molecule has 1 N–H and O–H groups in total. The van der Waals surface area contributed by atoms with Crippen LogP contribution in [-0.4, -0.2) is 31.1 Å². The number of nitrogens with one attached hydrogen (secondary N) is 1. The molecule has 0 aliphatic carbocycles. The molecule has 17 heavy (non-hydrogen) atoms. The number of halogens is 2. The normalized spacial score (nSPS) is 28.6. The summed E-state index contributed by atoms with van der Waals surface area (Å²) in [7, 11) is 0. The van der Waals surface area contributed by atoms with Crippen LogP contribution in [0.5, 0.6) is 0 Å². The van der Waals surface area contributed by atoms with Gasteiger partial charge < -0.3 is 5.32 Å². The van der Waals surface area contributed by atoms with Crippen molar-refractivity contribution in [2.45, 2.75) is 6.54 Å². The number of fused-ring (bicyclic) bond motifs is 1. The van der Waals surface area contributed by atoms with E-state index in [0.29, 0.717) is 0 Å². The Hall–Kier alpha value is -0.450. The van der Waals surface area contributed by atoms with E-state index < -0.39 is 0 Å². The number of hydrogen-bond acceptors (Lipinski definition) is 2. The van der Waals surface area contributed by atoms with Crippen molar-refractivity contribution in [3.63, 3.8) is 0 Å². The zero-order valence-electron chi connectivity index (χ0n) is 9.63. The summed E-state index contributed by atoms with van der Waals surface area (Å²) in [6.07, 6.45) is 0. The summed E-state index contributed by atoms with van der Waals surface area (Å²) in [5, 5.41) is 3.42. The minimum atomic E-state index is -0.102. The van der Waals surface area contributed by atoms with Gasteiger partial charge >= 0.3 is 0 Å². The fourth-order valence-corrected chi connectivity index (χ4v) is 3.31. The first-order valence-corrected chi connectivity index (χ1v) is 6.88. The second-order valence-electron chi connectivity index (χ2n) is 5.11. The summed E-state index contributed by atoms with van der Waals surface area (Å²) >= 11 is 3.29. The summed E-state index contributed by atoms with van der Waals surface area (Å²) in [6, 6.07) is 5.34. The first kappa shape index (κ1) is 11.6. The van der Waals surface area contributed by atoms with Crippen LogP contribution >= 0.6 is 15.9 Å². The lowest BCUT2D eigenvalue weighted by Crippen LogP contribution is -2.25. The lowest BCUT2D eigenvalue weighted by molar-refractivity contribution is 0.301. The van der Waals surface area contributed by atoms with Crippen molar-refractivity contribution < 1.29 is 4.39 Å². The molecule has 2 fully saturated rings. The molecule has 92 valence electrons. The number of rotatable bonds is 2. The van der Waals surface area contributed by atoms with Gasteiger partial charge in [0.25, 0.3) is 0 Å². The van der Waals surface area contributed by atoms with Gasteiger partial charge in [-0.25, -0.2) is 4.39 Å². The van der Waals surface area contributed by atoms with E-state index in [2.05, 4.69) is 26.1 Å². The number of nitrogens with zero attached hydrogens (tertiary/aromatic N) is 1. The largest absolute Gasteiger partial charge is 0.316 e. The minimum Gasteiger partial charge on any atom is -0.316 e. The summed E-state index contributed by atoms with van der Waals surface area (Å²) < 4.78 is 14.5. The molecular weight excluding hydrogens is 283 g/mol. The first-order valence-electron chi connectivity index (χ1n) is 6.09. The van der Waals surface area contributed by atoms with E-state index in [1.807, 2.05) is 12.1 Å². The van der Waals surface area contributed by atoms with Crippen molar-refractivity contribution in [1.29, 1.82) is 0 Å². The van der Waals surface area contributed by atoms with E-state index in [1.54, 1.807) is 6.07 Å². The standard InChI is InChI=1S/C13H16BrFN2/c14-12-2-1-9(13(15)3-12)6-17-7-10-4-16-5-11(10)8-17/h1-3,10-11,16H,4-8H2. The maximum atomic E-state index is 13.7. The molecular formula is C13H16BrFN2. The van der Waals surface area contributed by atoms with Gasteiger partial charge in [0, 0.05) is 29.7 Å². The van der Waals surface area contributed by atoms with E-state index >= 15 is 0 Å². The molecule has 0 radical (unpaired) electrons. The Labute approximate surface area is 109 Å². The smallest absolute Gasteiger partial charge is 0.128 e. The second-order valence-corrected chi connectivity index (χ2v) is 6.02. The highest BCUT2D eigenvalue weighted by Crippen LogP contribution is 2.28. The van der Waals surface area contributed by atoms with Crippen LogP contribution in [0.15, 0.2) is 22.7 Å². The van der Waals surface area contributed by atoms with Crippen LogP contribution in [0.2, 0.25) is 0 Å². The van der Waals surface area contributed by atoms with Gasteiger partial charge in [-0.2, -0.15) is 0 Å². The van der Waals surface area contributed by atoms with Crippen LogP contribution in [0.1, 0.15) is 5.56 Å². The summed E-state index contributed by atoms with van der Waals surface area (Å²) in [4.78, 5) is 2.38. The first-order chi connectivity index (χ1) is 8.22. The fourth-order valence-electron chi connectivity index (χ4n) is 2.97. The average molecular weight is 299 g/mol. The Bertz CT molecular complexity index is 412. The van der Waals surface area contributed by atoms with E-state index in [9.17, 15) is 4.39 Å². The number of hydrogen-bond donors (Lipinski definition) is 1. The Morgan fingerprint density at radius 1 is 1.29 bits per heavy atom. The van der Waals surface area contributed by atoms with Crippen molar-refractivity contribution >= 4 is 15.9 Å². The van der Waals surface area contributed by atoms with Gasteiger partial charge in [-0.05, 0) is 37.1 Å². The zero-order valence-corrected chi connectivity index (χ0v) is 11.2. The Kier molecular flexibility index (Phi) is 3.19. The third-order valence-corrected chi connectivity index (χ3v) is 4.37. The van der Waals surface area contributed by atoms with Crippen LogP contribution in [0.3, 0.4) is 0 Å². The number of likely N-dealkylation sites (tertiary alicyclic amines) is 1. The van der Waals surface area contributed by atoms with Crippen molar-refractivity contribution in [3.8, 4) is 0 Å². The maximum Gasteiger partial charge on any atom is 0.128 e. The molecule has 3 rings (SSSR count). The molecule has 2 heterocycles. The molecule has 0 aromatic heterocycles. The lowest BCUT2D eigenvalue weighted by Gasteiger charge is -2.17. The molecule has 0 amide bonds. The molecule has 4 heteroatoms. The fraction of sp³-hybridized carbons (Fsp3) is 0.538. The highest BCUT2D eigenvalue weighted by molar-refractivity contribution is 9.10. The van der Waals surface area contributed by atoms with Crippen molar-refractivity contribution in [2.24, 2.45) is 11.8 Å². The molecule has 0 bridgehead atoms. The van der Waals surface area contributed by atoms with Gasteiger partial charge in [0.15, 0.2) is 0 Å². The molecule has 1 aromatic carbocycles. The van der Waals surface area contributed by atoms with Crippen LogP contribution in [0, 0.1) is 17.7 Å². The lowest BCUT2D eigenvalue weighted by atomic mass is 10.0. The minimum absolute atomic E-state index is 0.102. The van der Waals surface area contributed by atoms with Gasteiger partial charge in [0.05, 0.1) is 0 Å². The third-order valence-electron chi connectivity index (χ3n) is 3.87. The summed E-state index contributed by atoms with van der Waals surface area (Å²) in [6.45, 7) is 5.21. The average Bonchev–Trinajstić information content (AvgIpc) is 2.82. The second kappa shape index (κ2) is 4.67. The van der Waals surface area contributed by atoms with Crippen molar-refractivity contribution in [1.82, 2.24) is 10.2 Å². The van der Waals surface area contributed by atoms with E-state index in [0.717, 1.165) is 54.6 Å². The van der Waals surface area contributed by atoms with Gasteiger partial charge in [-0.15, -0.1) is 0 Å². The van der Waals surface area contributed by atoms with Crippen LogP contribution < -0.4 is 5.32 Å². The maximum absolute atomic E-state index is 13.7. The predicted octanol–water partition coefficient (Wildman–Crippen LogP) is 2.24. The molecule has 2 saturated heterocycles. The van der Waals surface area contributed by atoms with E-state index in [4.69, 9.17) is 0 Å². The summed E-state index contributed by atoms with van der Waals surface area (Å²) in [5.74, 6) is 1.44. The van der Waals surface area contributed by atoms with Crippen LogP contribution in [0.25, 0.3) is 0 Å². The SMILES string of the molecule is Fc1cc(Br)ccc1CN1CC2CNCC2C1. The zero-order chi connectivity index (χ0) is 11.8. The highest BCUT2D eigenvalue weighted by atomic mass is 79.9. The monoisotopic (exact) mass is 298 g/mol. The molecule has 2 aliphatic rings. The van der Waals surface area contributed by atoms with Crippen LogP contribution in [-0.2, 0) is 6.54 Å². The Morgan fingerprint density at radius 2 is 2.00 bits per heavy atom. The van der Waals surface area contributed by atoms with Crippen LogP contribution in [0.4, 0.5) is 4.39 Å².